The minimum atomic E-state index is 0.0181. The Kier molecular flexibility index (Phi) is 7.21. The van der Waals surface area contributed by atoms with E-state index in [1.807, 2.05) is 0 Å². The number of para-hydroxylation sites is 1. The van der Waals surface area contributed by atoms with Gasteiger partial charge in [-0.25, -0.2) is 0 Å². The predicted octanol–water partition coefficient (Wildman–Crippen LogP) is 15.1. The van der Waals surface area contributed by atoms with Crippen LogP contribution in [0.3, 0.4) is 0 Å². The third-order valence-electron chi connectivity index (χ3n) is 12.1. The zero-order chi connectivity index (χ0) is 38.3. The maximum absolute atomic E-state index is 4.04. The van der Waals surface area contributed by atoms with Gasteiger partial charge in [0, 0.05) is 44.0 Å². The first-order chi connectivity index (χ1) is 25.3. The van der Waals surface area contributed by atoms with Gasteiger partial charge in [0.1, 0.15) is 0 Å². The van der Waals surface area contributed by atoms with Crippen LogP contribution in [0.25, 0.3) is 71.5 Å². The molecule has 9 rings (SSSR count). The van der Waals surface area contributed by atoms with Gasteiger partial charge in [-0.1, -0.05) is 150 Å². The number of rotatable bonds is 1. The number of fused-ring (bicyclic) bond motifs is 14. The second kappa shape index (κ2) is 11.2. The number of nitrogens with one attached hydrogen (secondary N) is 1. The standard InChI is InChI=1S/C52H54N2/c1-49(2,3)32-18-20-36-40-29-41(47-38-21-19-33(50(4,5)6)28-45(38)54-44-16-14-13-15-37(44)46(40)48(47)54)39-25-30(17-22-42(39)53-43(36)27-32)31-23-34(51(7,8)9)26-35(24-31)52(10,11)12/h13-29,53H,1-12H3. The lowest BCUT2D eigenvalue weighted by Crippen LogP contribution is -2.16. The Hall–Kier alpha value is -5.08. The minimum Gasteiger partial charge on any atom is -0.355 e. The van der Waals surface area contributed by atoms with Gasteiger partial charge in [0.25, 0.3) is 0 Å². The summed E-state index contributed by atoms with van der Waals surface area (Å²) < 4.78 is 2.57. The second-order valence-corrected chi connectivity index (χ2v) is 20.1. The van der Waals surface area contributed by atoms with E-state index in [0.29, 0.717) is 0 Å². The summed E-state index contributed by atoms with van der Waals surface area (Å²) in [5, 5.41) is 9.30. The fourth-order valence-corrected chi connectivity index (χ4v) is 8.72. The van der Waals surface area contributed by atoms with Crippen LogP contribution in [0.15, 0.2) is 103 Å². The fourth-order valence-electron chi connectivity index (χ4n) is 8.72. The molecule has 2 heteroatoms. The average molecular weight is 707 g/mol. The topological polar surface area (TPSA) is 16.4 Å². The first-order valence-electron chi connectivity index (χ1n) is 19.8. The summed E-state index contributed by atoms with van der Waals surface area (Å²) >= 11 is 0. The van der Waals surface area contributed by atoms with E-state index in [0.717, 1.165) is 11.4 Å². The third-order valence-corrected chi connectivity index (χ3v) is 12.1. The number of hydrogen-bond acceptors (Lipinski definition) is 1. The second-order valence-electron chi connectivity index (χ2n) is 20.1. The van der Waals surface area contributed by atoms with Gasteiger partial charge in [0.05, 0.1) is 16.6 Å². The zero-order valence-corrected chi connectivity index (χ0v) is 34.3. The summed E-state index contributed by atoms with van der Waals surface area (Å²) in [6.07, 6.45) is 0. The fraction of sp³-hybridized carbons (Fsp3) is 0.308. The molecule has 1 aliphatic heterocycles. The van der Waals surface area contributed by atoms with E-state index in [2.05, 4.69) is 196 Å². The first-order valence-corrected chi connectivity index (χ1v) is 19.8. The molecule has 0 fully saturated rings. The maximum Gasteiger partial charge on any atom is 0.0633 e. The molecule has 8 aromatic rings. The lowest BCUT2D eigenvalue weighted by atomic mass is 9.78. The van der Waals surface area contributed by atoms with E-state index in [-0.39, 0.29) is 21.7 Å². The molecule has 0 unspecified atom stereocenters. The van der Waals surface area contributed by atoms with Crippen LogP contribution in [0.4, 0.5) is 11.4 Å². The molecule has 0 saturated carbocycles. The molecule has 0 spiro atoms. The van der Waals surface area contributed by atoms with Crippen LogP contribution in [0, 0.1) is 0 Å². The van der Waals surface area contributed by atoms with Crippen molar-refractivity contribution < 1.29 is 0 Å². The highest BCUT2D eigenvalue weighted by atomic mass is 14.9. The number of nitrogens with zero attached hydrogens (tertiary/aromatic N) is 1. The summed E-state index contributed by atoms with van der Waals surface area (Å²) in [4.78, 5) is 0. The van der Waals surface area contributed by atoms with Crippen LogP contribution in [-0.2, 0) is 21.7 Å². The first kappa shape index (κ1) is 34.7. The van der Waals surface area contributed by atoms with Crippen molar-refractivity contribution in [1.82, 2.24) is 4.40 Å². The van der Waals surface area contributed by atoms with Crippen molar-refractivity contribution in [3.8, 4) is 33.4 Å². The van der Waals surface area contributed by atoms with Crippen LogP contribution < -0.4 is 5.32 Å². The summed E-state index contributed by atoms with van der Waals surface area (Å²) in [6, 6.07) is 40.2. The Bertz CT molecular complexity index is 2780. The molecule has 2 nitrogen and oxygen atoms in total. The minimum absolute atomic E-state index is 0.0181. The molecular formula is C52H54N2. The van der Waals surface area contributed by atoms with Crippen LogP contribution in [0.1, 0.15) is 105 Å². The summed E-state index contributed by atoms with van der Waals surface area (Å²) in [5.41, 5.74) is 19.2. The van der Waals surface area contributed by atoms with Crippen molar-refractivity contribution in [3.63, 3.8) is 0 Å². The quantitative estimate of drug-likeness (QED) is 0.180. The van der Waals surface area contributed by atoms with E-state index >= 15 is 0 Å². The Morgan fingerprint density at radius 3 is 1.61 bits per heavy atom. The molecule has 0 saturated heterocycles. The molecule has 0 atom stereocenters. The van der Waals surface area contributed by atoms with Crippen molar-refractivity contribution >= 4 is 49.5 Å². The van der Waals surface area contributed by atoms with E-state index in [9.17, 15) is 0 Å². The Labute approximate surface area is 321 Å². The molecule has 1 N–H and O–H groups in total. The van der Waals surface area contributed by atoms with Gasteiger partial charge in [-0.05, 0) is 103 Å². The van der Waals surface area contributed by atoms with Crippen molar-refractivity contribution in [1.29, 1.82) is 0 Å². The highest BCUT2D eigenvalue weighted by Gasteiger charge is 2.29. The van der Waals surface area contributed by atoms with Crippen molar-refractivity contribution in [3.05, 3.63) is 125 Å². The molecule has 0 radical (unpaired) electrons. The highest BCUT2D eigenvalue weighted by Crippen LogP contribution is 2.53. The Morgan fingerprint density at radius 1 is 0.389 bits per heavy atom. The molecule has 3 heterocycles. The van der Waals surface area contributed by atoms with Gasteiger partial charge < -0.3 is 9.72 Å². The summed E-state index contributed by atoms with van der Waals surface area (Å²) in [7, 11) is 0. The molecule has 54 heavy (non-hydrogen) atoms. The SMILES string of the molecule is CC(C)(C)c1cc(-c2ccc3c(c2)-c2cc(c4c5ccccc5n5c6cc(C(C)(C)C)ccc6c2c45)-c2ccc(C(C)(C)C)cc2N3)cc(C(C)(C)C)c1. The van der Waals surface area contributed by atoms with Gasteiger partial charge in [-0.2, -0.15) is 0 Å². The van der Waals surface area contributed by atoms with Gasteiger partial charge >= 0.3 is 0 Å². The molecular weight excluding hydrogens is 653 g/mol. The monoisotopic (exact) mass is 706 g/mol. The molecule has 2 bridgehead atoms. The Morgan fingerprint density at radius 2 is 0.963 bits per heavy atom. The van der Waals surface area contributed by atoms with Gasteiger partial charge in [0.15, 0.2) is 0 Å². The Balaban J connectivity index is 1.44. The lowest BCUT2D eigenvalue weighted by molar-refractivity contribution is 0.569. The highest BCUT2D eigenvalue weighted by molar-refractivity contribution is 6.31. The van der Waals surface area contributed by atoms with E-state index in [4.69, 9.17) is 0 Å². The third kappa shape index (κ3) is 5.28. The number of aromatic nitrogens is 1. The molecule has 272 valence electrons. The van der Waals surface area contributed by atoms with Crippen LogP contribution in [0.2, 0.25) is 0 Å². The largest absolute Gasteiger partial charge is 0.355 e. The summed E-state index contributed by atoms with van der Waals surface area (Å²) in [5.74, 6) is 0. The van der Waals surface area contributed by atoms with Gasteiger partial charge in [-0.3, -0.25) is 0 Å². The van der Waals surface area contributed by atoms with Crippen LogP contribution in [-0.4, -0.2) is 4.40 Å². The predicted molar refractivity (Wildman–Crippen MR) is 235 cm³/mol. The van der Waals surface area contributed by atoms with Crippen molar-refractivity contribution in [2.24, 2.45) is 0 Å². The maximum atomic E-state index is 4.04. The molecule has 0 amide bonds. The average Bonchev–Trinajstić information content (AvgIpc) is 3.62. The van der Waals surface area contributed by atoms with Crippen molar-refractivity contribution in [2.45, 2.75) is 105 Å². The van der Waals surface area contributed by atoms with E-state index < -0.39 is 0 Å². The number of hydrogen-bond donors (Lipinski definition) is 1. The van der Waals surface area contributed by atoms with E-state index in [1.165, 1.54) is 93.7 Å². The zero-order valence-electron chi connectivity index (χ0n) is 34.3. The van der Waals surface area contributed by atoms with Crippen LogP contribution in [0.5, 0.6) is 0 Å². The van der Waals surface area contributed by atoms with Gasteiger partial charge in [-0.15, -0.1) is 0 Å². The molecule has 6 aromatic carbocycles. The lowest BCUT2D eigenvalue weighted by Gasteiger charge is -2.27. The normalized spacial score (nSPS) is 13.7. The van der Waals surface area contributed by atoms with Crippen LogP contribution >= 0.6 is 0 Å². The smallest absolute Gasteiger partial charge is 0.0633 e. The molecule has 2 aromatic heterocycles. The summed E-state index contributed by atoms with van der Waals surface area (Å²) in [6.45, 7) is 27.8. The van der Waals surface area contributed by atoms with Gasteiger partial charge in [0.2, 0.25) is 0 Å². The van der Waals surface area contributed by atoms with E-state index in [1.54, 1.807) is 0 Å². The van der Waals surface area contributed by atoms with Crippen molar-refractivity contribution in [2.75, 3.05) is 5.32 Å². The number of anilines is 2. The molecule has 1 aliphatic rings. The molecule has 0 aliphatic carbocycles. The number of benzene rings is 6.